The Kier molecular flexibility index (Phi) is 5.79. The number of hydrogen-bond acceptors (Lipinski definition) is 5. The number of fused-ring (bicyclic) bond motifs is 1. The highest BCUT2D eigenvalue weighted by molar-refractivity contribution is 6.01. The van der Waals surface area contributed by atoms with E-state index in [1.165, 1.54) is 18.2 Å². The summed E-state index contributed by atoms with van der Waals surface area (Å²) in [5.74, 6) is -1.50. The normalized spacial score (nSPS) is 13.7. The van der Waals surface area contributed by atoms with Crippen LogP contribution in [-0.4, -0.2) is 28.0 Å². The molecule has 0 unspecified atom stereocenters. The molecule has 0 aliphatic carbocycles. The molecular formula is C18H18N2O6. The number of amides is 2. The smallest absolute Gasteiger partial charge is 0.312 e. The van der Waals surface area contributed by atoms with Crippen LogP contribution in [0.25, 0.3) is 0 Å². The van der Waals surface area contributed by atoms with E-state index >= 15 is 0 Å². The van der Waals surface area contributed by atoms with Crippen molar-refractivity contribution in [1.29, 1.82) is 0 Å². The largest absolute Gasteiger partial charge is 0.507 e. The molecule has 1 aromatic carbocycles. The van der Waals surface area contributed by atoms with Crippen molar-refractivity contribution < 1.29 is 29.3 Å². The van der Waals surface area contributed by atoms with Gasteiger partial charge in [0.1, 0.15) is 23.7 Å². The third-order valence-electron chi connectivity index (χ3n) is 3.48. The molecule has 2 rings (SSSR count). The Morgan fingerprint density at radius 2 is 2.12 bits per heavy atom. The lowest BCUT2D eigenvalue weighted by Crippen LogP contribution is -2.24. The van der Waals surface area contributed by atoms with Crippen LogP contribution in [0, 0.1) is 0 Å². The number of carboxylic acid groups (broad SMARTS) is 1. The molecule has 1 heterocycles. The fourth-order valence-electron chi connectivity index (χ4n) is 2.32. The minimum absolute atomic E-state index is 0.112. The van der Waals surface area contributed by atoms with Crippen LogP contribution in [0.1, 0.15) is 29.3 Å². The van der Waals surface area contributed by atoms with Crippen molar-refractivity contribution in [2.24, 2.45) is 0 Å². The summed E-state index contributed by atoms with van der Waals surface area (Å²) in [6.45, 7) is 5.47. The Morgan fingerprint density at radius 1 is 1.38 bits per heavy atom. The maximum atomic E-state index is 11.7. The lowest BCUT2D eigenvalue weighted by atomic mass is 10.1. The number of carboxylic acids is 1. The zero-order valence-electron chi connectivity index (χ0n) is 14.0. The minimum Gasteiger partial charge on any atom is -0.507 e. The third kappa shape index (κ3) is 4.50. The van der Waals surface area contributed by atoms with Crippen LogP contribution < -0.4 is 15.4 Å². The number of phenols is 1. The lowest BCUT2D eigenvalue weighted by Gasteiger charge is -2.10. The molecular weight excluding hydrogens is 340 g/mol. The standard InChI is InChI=1S/C18H18N2O6/c1-3-11(20-15(22)8-16(23)24)5-4-10(2)26-14-7-6-13(21)17-12(14)9-19-18(17)25/h3-7,21H,1,8-9H2,2H3,(H,19,25)(H,20,22)(H,23,24)/b10-4+,11-5+. The minimum atomic E-state index is -1.23. The first-order valence-electron chi connectivity index (χ1n) is 7.65. The molecule has 136 valence electrons. The van der Waals surface area contributed by atoms with Gasteiger partial charge in [-0.1, -0.05) is 6.58 Å². The number of allylic oxidation sites excluding steroid dienone is 4. The Labute approximate surface area is 149 Å². The predicted octanol–water partition coefficient (Wildman–Crippen LogP) is 1.58. The van der Waals surface area contributed by atoms with Gasteiger partial charge < -0.3 is 25.6 Å². The average Bonchev–Trinajstić information content (AvgIpc) is 2.96. The number of aromatic hydroxyl groups is 1. The first kappa shape index (κ1) is 18.8. The van der Waals surface area contributed by atoms with E-state index in [4.69, 9.17) is 9.84 Å². The number of aliphatic carboxylic acids is 1. The van der Waals surface area contributed by atoms with Crippen molar-refractivity contribution >= 4 is 17.8 Å². The Bertz CT molecular complexity index is 838. The molecule has 8 heteroatoms. The van der Waals surface area contributed by atoms with Gasteiger partial charge in [0.05, 0.1) is 5.56 Å². The monoisotopic (exact) mass is 358 g/mol. The number of carbonyl (C=O) groups is 3. The van der Waals surface area contributed by atoms with Crippen molar-refractivity contribution in [3.63, 3.8) is 0 Å². The molecule has 0 spiro atoms. The SMILES string of the molecule is C=C/C(=C\C=C(/C)Oc1ccc(O)c2c1CNC2=O)NC(=O)CC(=O)O. The lowest BCUT2D eigenvalue weighted by molar-refractivity contribution is -0.140. The predicted molar refractivity (Wildman–Crippen MR) is 92.3 cm³/mol. The highest BCUT2D eigenvalue weighted by Gasteiger charge is 2.26. The zero-order valence-corrected chi connectivity index (χ0v) is 14.0. The first-order valence-corrected chi connectivity index (χ1v) is 7.65. The Morgan fingerprint density at radius 3 is 2.77 bits per heavy atom. The van der Waals surface area contributed by atoms with Crippen LogP contribution in [0.5, 0.6) is 11.5 Å². The number of phenolic OH excluding ortho intramolecular Hbond substituents is 1. The third-order valence-corrected chi connectivity index (χ3v) is 3.48. The molecule has 0 bridgehead atoms. The summed E-state index contributed by atoms with van der Waals surface area (Å²) in [5.41, 5.74) is 1.07. The number of ether oxygens (including phenoxy) is 1. The molecule has 0 radical (unpaired) electrons. The van der Waals surface area contributed by atoms with Gasteiger partial charge in [0.15, 0.2) is 0 Å². The molecule has 0 fully saturated rings. The number of rotatable bonds is 7. The van der Waals surface area contributed by atoms with Crippen LogP contribution in [0.15, 0.2) is 48.4 Å². The summed E-state index contributed by atoms with van der Waals surface area (Å²) >= 11 is 0. The maximum absolute atomic E-state index is 11.7. The fraction of sp³-hybridized carbons (Fsp3) is 0.167. The second-order valence-corrected chi connectivity index (χ2v) is 5.44. The molecule has 8 nitrogen and oxygen atoms in total. The average molecular weight is 358 g/mol. The molecule has 2 amide bonds. The number of nitrogens with one attached hydrogen (secondary N) is 2. The van der Waals surface area contributed by atoms with Crippen molar-refractivity contribution in [1.82, 2.24) is 10.6 Å². The summed E-state index contributed by atoms with van der Waals surface area (Å²) in [5, 5.41) is 23.4. The maximum Gasteiger partial charge on any atom is 0.312 e. The van der Waals surface area contributed by atoms with E-state index < -0.39 is 18.3 Å². The van der Waals surface area contributed by atoms with Gasteiger partial charge in [-0.25, -0.2) is 0 Å². The molecule has 26 heavy (non-hydrogen) atoms. The van der Waals surface area contributed by atoms with E-state index in [0.29, 0.717) is 22.8 Å². The fourth-order valence-corrected chi connectivity index (χ4v) is 2.32. The number of benzene rings is 1. The summed E-state index contributed by atoms with van der Waals surface area (Å²) in [6, 6.07) is 2.93. The van der Waals surface area contributed by atoms with E-state index in [1.54, 1.807) is 19.1 Å². The number of hydrogen-bond donors (Lipinski definition) is 4. The van der Waals surface area contributed by atoms with E-state index in [9.17, 15) is 19.5 Å². The van der Waals surface area contributed by atoms with Crippen molar-refractivity contribution in [2.45, 2.75) is 19.9 Å². The zero-order chi connectivity index (χ0) is 19.3. The molecule has 1 aromatic rings. The molecule has 0 saturated carbocycles. The molecule has 4 N–H and O–H groups in total. The molecule has 0 aromatic heterocycles. The molecule has 0 saturated heterocycles. The van der Waals surface area contributed by atoms with E-state index in [0.717, 1.165) is 0 Å². The van der Waals surface area contributed by atoms with Crippen LogP contribution in [0.4, 0.5) is 0 Å². The van der Waals surface area contributed by atoms with Crippen LogP contribution in [0.2, 0.25) is 0 Å². The highest BCUT2D eigenvalue weighted by Crippen LogP contribution is 2.33. The van der Waals surface area contributed by atoms with Crippen LogP contribution >= 0.6 is 0 Å². The van der Waals surface area contributed by atoms with E-state index in [2.05, 4.69) is 17.2 Å². The van der Waals surface area contributed by atoms with Gasteiger partial charge in [-0.2, -0.15) is 0 Å². The summed E-state index contributed by atoms with van der Waals surface area (Å²) in [7, 11) is 0. The molecule has 1 aliphatic rings. The van der Waals surface area contributed by atoms with E-state index in [1.807, 2.05) is 0 Å². The van der Waals surface area contributed by atoms with Crippen molar-refractivity contribution in [3.05, 3.63) is 59.5 Å². The first-order chi connectivity index (χ1) is 12.3. The second-order valence-electron chi connectivity index (χ2n) is 5.44. The summed E-state index contributed by atoms with van der Waals surface area (Å²) in [6.07, 6.45) is 3.78. The molecule has 0 atom stereocenters. The highest BCUT2D eigenvalue weighted by atomic mass is 16.5. The van der Waals surface area contributed by atoms with Gasteiger partial charge in [0, 0.05) is 17.8 Å². The second kappa shape index (κ2) is 8.02. The van der Waals surface area contributed by atoms with Crippen molar-refractivity contribution in [2.75, 3.05) is 0 Å². The van der Waals surface area contributed by atoms with Crippen LogP contribution in [0.3, 0.4) is 0 Å². The van der Waals surface area contributed by atoms with Gasteiger partial charge in [-0.15, -0.1) is 0 Å². The van der Waals surface area contributed by atoms with Gasteiger partial charge in [-0.05, 0) is 37.3 Å². The van der Waals surface area contributed by atoms with Gasteiger partial charge in [0.2, 0.25) is 5.91 Å². The quantitative estimate of drug-likeness (QED) is 0.333. The van der Waals surface area contributed by atoms with Crippen molar-refractivity contribution in [3.8, 4) is 11.5 Å². The van der Waals surface area contributed by atoms with E-state index in [-0.39, 0.29) is 23.8 Å². The summed E-state index contributed by atoms with van der Waals surface area (Å²) < 4.78 is 5.70. The van der Waals surface area contributed by atoms with Gasteiger partial charge in [0.25, 0.3) is 5.91 Å². The number of carbonyl (C=O) groups excluding carboxylic acids is 2. The molecule has 1 aliphatic heterocycles. The summed E-state index contributed by atoms with van der Waals surface area (Å²) in [4.78, 5) is 33.7. The Hall–Kier alpha value is -3.55. The Balaban J connectivity index is 2.13. The topological polar surface area (TPSA) is 125 Å². The van der Waals surface area contributed by atoms with Gasteiger partial charge in [-0.3, -0.25) is 14.4 Å². The van der Waals surface area contributed by atoms with Gasteiger partial charge >= 0.3 is 5.97 Å². The van der Waals surface area contributed by atoms with Crippen LogP contribution in [-0.2, 0) is 16.1 Å².